The molecule has 0 bridgehead atoms. The number of rotatable bonds is 9. The Labute approximate surface area is 169 Å². The predicted molar refractivity (Wildman–Crippen MR) is 108 cm³/mol. The minimum Gasteiger partial charge on any atom is -0.383 e. The maximum Gasteiger partial charge on any atom is 0.262 e. The van der Waals surface area contributed by atoms with E-state index in [-0.39, 0.29) is 10.6 Å². The first-order valence-corrected chi connectivity index (χ1v) is 11.7. The van der Waals surface area contributed by atoms with E-state index in [4.69, 9.17) is 0 Å². The summed E-state index contributed by atoms with van der Waals surface area (Å²) in [6.45, 7) is 2.53. The lowest BCUT2D eigenvalue weighted by atomic mass is 10.2. The number of halogens is 2. The molecule has 29 heavy (non-hydrogen) atoms. The van der Waals surface area contributed by atoms with Gasteiger partial charge in [0, 0.05) is 20.6 Å². The van der Waals surface area contributed by atoms with Crippen molar-refractivity contribution in [3.8, 4) is 0 Å². The average molecular weight is 448 g/mol. The van der Waals surface area contributed by atoms with E-state index in [2.05, 4.69) is 10.0 Å². The van der Waals surface area contributed by atoms with Gasteiger partial charge in [-0.2, -0.15) is 0 Å². The third kappa shape index (κ3) is 5.43. The summed E-state index contributed by atoms with van der Waals surface area (Å²) in [6, 6.07) is 6.18. The summed E-state index contributed by atoms with van der Waals surface area (Å²) < 4.78 is 80.0. The smallest absolute Gasteiger partial charge is 0.262 e. The lowest BCUT2D eigenvalue weighted by Gasteiger charge is -2.17. The van der Waals surface area contributed by atoms with Gasteiger partial charge in [0.15, 0.2) is 11.6 Å². The zero-order valence-corrected chi connectivity index (χ0v) is 17.9. The van der Waals surface area contributed by atoms with Gasteiger partial charge in [-0.25, -0.2) is 29.9 Å². The van der Waals surface area contributed by atoms with E-state index in [9.17, 15) is 25.6 Å². The summed E-state index contributed by atoms with van der Waals surface area (Å²) in [5.74, 6) is -2.48. The largest absolute Gasteiger partial charge is 0.383 e. The van der Waals surface area contributed by atoms with Crippen LogP contribution < -0.4 is 10.0 Å². The summed E-state index contributed by atoms with van der Waals surface area (Å²) >= 11 is 0. The highest BCUT2D eigenvalue weighted by molar-refractivity contribution is 7.92. The molecule has 7 nitrogen and oxygen atoms in total. The predicted octanol–water partition coefficient (Wildman–Crippen LogP) is 3.23. The van der Waals surface area contributed by atoms with Crippen LogP contribution in [0.3, 0.4) is 0 Å². The molecule has 0 spiro atoms. The number of benzene rings is 2. The van der Waals surface area contributed by atoms with Crippen LogP contribution in [-0.4, -0.2) is 41.8 Å². The molecule has 2 rings (SSSR count). The normalized spacial score (nSPS) is 12.2. The SMILES string of the molecule is CCCCNc1ccc(S(=O)(=O)N(C)C)cc1NS(=O)(=O)c1ccc(F)c(F)c1. The quantitative estimate of drug-likeness (QED) is 0.576. The molecule has 2 aromatic carbocycles. The minimum absolute atomic E-state index is 0.0197. The standard InChI is InChI=1S/C18H23F2N3O4S2/c1-4-5-10-21-17-9-7-14(29(26,27)23(2)3)12-18(17)22-28(24,25)13-6-8-15(19)16(20)11-13/h6-9,11-12,21-22H,4-5,10H2,1-3H3. The maximum atomic E-state index is 13.5. The number of nitrogens with one attached hydrogen (secondary N) is 2. The number of hydrogen-bond acceptors (Lipinski definition) is 5. The minimum atomic E-state index is -4.29. The monoisotopic (exact) mass is 447 g/mol. The molecule has 0 amide bonds. The van der Waals surface area contributed by atoms with Crippen LogP contribution in [0.15, 0.2) is 46.2 Å². The van der Waals surface area contributed by atoms with Crippen molar-refractivity contribution >= 4 is 31.4 Å². The highest BCUT2D eigenvalue weighted by atomic mass is 32.2. The highest BCUT2D eigenvalue weighted by Gasteiger charge is 2.22. The Bertz CT molecular complexity index is 1090. The third-order valence-electron chi connectivity index (χ3n) is 4.06. The Morgan fingerprint density at radius 2 is 1.55 bits per heavy atom. The molecule has 0 radical (unpaired) electrons. The van der Waals surface area contributed by atoms with Crippen LogP contribution in [0.4, 0.5) is 20.2 Å². The molecular formula is C18H23F2N3O4S2. The highest BCUT2D eigenvalue weighted by Crippen LogP contribution is 2.29. The number of nitrogens with zero attached hydrogens (tertiary/aromatic N) is 1. The van der Waals surface area contributed by atoms with Crippen LogP contribution in [0.25, 0.3) is 0 Å². The van der Waals surface area contributed by atoms with Gasteiger partial charge in [0.05, 0.1) is 21.2 Å². The van der Waals surface area contributed by atoms with Gasteiger partial charge in [0.1, 0.15) is 0 Å². The molecule has 0 aliphatic rings. The summed E-state index contributed by atoms with van der Waals surface area (Å²) in [6.07, 6.45) is 1.71. The fourth-order valence-corrected chi connectivity index (χ4v) is 4.39. The second-order valence-corrected chi connectivity index (χ2v) is 10.3. The van der Waals surface area contributed by atoms with Crippen molar-refractivity contribution in [2.24, 2.45) is 0 Å². The second kappa shape index (κ2) is 9.06. The van der Waals surface area contributed by atoms with Crippen molar-refractivity contribution in [3.63, 3.8) is 0 Å². The van der Waals surface area contributed by atoms with E-state index in [1.54, 1.807) is 0 Å². The zero-order chi connectivity index (χ0) is 21.8. The van der Waals surface area contributed by atoms with Crippen molar-refractivity contribution in [1.29, 1.82) is 0 Å². The molecule has 0 saturated heterocycles. The van der Waals surface area contributed by atoms with Crippen molar-refractivity contribution in [2.75, 3.05) is 30.7 Å². The molecule has 0 aliphatic carbocycles. The average Bonchev–Trinajstić information content (AvgIpc) is 2.64. The van der Waals surface area contributed by atoms with E-state index >= 15 is 0 Å². The Balaban J connectivity index is 2.49. The molecule has 160 valence electrons. The maximum absolute atomic E-state index is 13.5. The van der Waals surface area contributed by atoms with Gasteiger partial charge in [-0.1, -0.05) is 13.3 Å². The Kier molecular flexibility index (Phi) is 7.20. The summed E-state index contributed by atoms with van der Waals surface area (Å²) in [5.41, 5.74) is 0.344. The van der Waals surface area contributed by atoms with Crippen LogP contribution in [0.1, 0.15) is 19.8 Å². The van der Waals surface area contributed by atoms with E-state index < -0.39 is 36.6 Å². The number of sulfonamides is 2. The van der Waals surface area contributed by atoms with Crippen LogP contribution in [0, 0.1) is 11.6 Å². The van der Waals surface area contributed by atoms with Crippen molar-refractivity contribution < 1.29 is 25.6 Å². The van der Waals surface area contributed by atoms with Crippen molar-refractivity contribution in [3.05, 3.63) is 48.0 Å². The molecule has 0 saturated carbocycles. The summed E-state index contributed by atoms with van der Waals surface area (Å²) in [7, 11) is -5.40. The van der Waals surface area contributed by atoms with Gasteiger partial charge in [-0.3, -0.25) is 4.72 Å². The molecule has 11 heteroatoms. The zero-order valence-electron chi connectivity index (χ0n) is 16.2. The Morgan fingerprint density at radius 3 is 2.14 bits per heavy atom. The summed E-state index contributed by atoms with van der Waals surface area (Å²) in [5, 5.41) is 3.05. The van der Waals surface area contributed by atoms with Gasteiger partial charge < -0.3 is 5.32 Å². The Hall–Kier alpha value is -2.24. The van der Waals surface area contributed by atoms with Gasteiger partial charge in [0.25, 0.3) is 10.0 Å². The van der Waals surface area contributed by atoms with E-state index in [1.165, 1.54) is 32.3 Å². The first-order valence-electron chi connectivity index (χ1n) is 8.77. The van der Waals surface area contributed by atoms with Crippen molar-refractivity contribution in [1.82, 2.24) is 4.31 Å². The Morgan fingerprint density at radius 1 is 0.897 bits per heavy atom. The van der Waals surface area contributed by atoms with Gasteiger partial charge >= 0.3 is 0 Å². The van der Waals surface area contributed by atoms with Crippen molar-refractivity contribution in [2.45, 2.75) is 29.6 Å². The fraction of sp³-hybridized carbons (Fsp3) is 0.333. The molecule has 0 unspecified atom stereocenters. The fourth-order valence-electron chi connectivity index (χ4n) is 2.38. The topological polar surface area (TPSA) is 95.6 Å². The number of hydrogen-bond donors (Lipinski definition) is 2. The third-order valence-corrected chi connectivity index (χ3v) is 7.24. The first-order chi connectivity index (χ1) is 13.5. The van der Waals surface area contributed by atoms with E-state index in [0.29, 0.717) is 24.4 Å². The first kappa shape index (κ1) is 23.0. The van der Waals surface area contributed by atoms with Crippen LogP contribution in [-0.2, 0) is 20.0 Å². The van der Waals surface area contributed by atoms with Gasteiger partial charge in [-0.05, 0) is 42.8 Å². The molecular weight excluding hydrogens is 424 g/mol. The van der Waals surface area contributed by atoms with Gasteiger partial charge in [0.2, 0.25) is 10.0 Å². The summed E-state index contributed by atoms with van der Waals surface area (Å²) in [4.78, 5) is -0.608. The van der Waals surface area contributed by atoms with Crippen LogP contribution in [0.5, 0.6) is 0 Å². The molecule has 0 fully saturated rings. The number of unbranched alkanes of at least 4 members (excludes halogenated alkanes) is 1. The van der Waals surface area contributed by atoms with E-state index in [0.717, 1.165) is 23.2 Å². The van der Waals surface area contributed by atoms with Gasteiger partial charge in [-0.15, -0.1) is 0 Å². The molecule has 2 aromatic rings. The second-order valence-electron chi connectivity index (χ2n) is 6.46. The molecule has 0 aromatic heterocycles. The number of anilines is 2. The lowest BCUT2D eigenvalue weighted by molar-refractivity contribution is 0.504. The molecule has 2 N–H and O–H groups in total. The van der Waals surface area contributed by atoms with Crippen LogP contribution in [0.2, 0.25) is 0 Å². The van der Waals surface area contributed by atoms with Crippen LogP contribution >= 0.6 is 0 Å². The molecule has 0 heterocycles. The molecule has 0 atom stereocenters. The lowest BCUT2D eigenvalue weighted by Crippen LogP contribution is -2.23. The molecule has 0 aliphatic heterocycles. The van der Waals surface area contributed by atoms with E-state index in [1.807, 2.05) is 6.92 Å².